The molecule has 8 nitrogen and oxygen atoms in total. The standard InChI is InChI=1S/2C29H38NP.2C4HF9O3S/c2*1-2-3-4-5-6-7-8-9-12-17-25-22-23-29(28(30)24-25)31(26-18-13-10-14-19-26)27-20-15-11-16-21-27;2*5-1(6,3(9,10)11)2(7,8)4(12,13)17(14,15)16/h2*10-11,13-16,18-24,29-30H,2-9,12,17H2,1H3;2*(H,14,15,16). The van der Waals surface area contributed by atoms with Crippen molar-refractivity contribution in [1.29, 1.82) is 10.8 Å². The molecular weight excluding hydrogens is 1380 g/mol. The van der Waals surface area contributed by atoms with E-state index in [-0.39, 0.29) is 11.3 Å². The second-order valence-electron chi connectivity index (χ2n) is 22.5. The highest BCUT2D eigenvalue weighted by molar-refractivity contribution is 7.87. The SMILES string of the molecule is CCCCCCCCCCCC1=CC(=N)C(P(c2ccccc2)c2ccccc2)C=C1.CCCCCCCCCCCC1=CC(=N)C(P(c2ccccc2)c2ccccc2)C=C1.O=S(=O)(O)C(F)(F)C(F)(F)C(F)(F)C(F)(F)F.O=S(=O)(O)C(F)(F)C(F)(F)C(F)(F)C(F)(F)F. The smallest absolute Gasteiger partial charge is 0.304 e. The molecule has 2 aliphatic rings. The fourth-order valence-electron chi connectivity index (χ4n) is 9.68. The minimum atomic E-state index is -7.37. The van der Waals surface area contributed by atoms with Gasteiger partial charge in [-0.25, -0.2) is 0 Å². The van der Waals surface area contributed by atoms with E-state index in [4.69, 9.17) is 19.9 Å². The number of hydrogen-bond acceptors (Lipinski definition) is 6. The second-order valence-corrected chi connectivity index (χ2v) is 30.1. The first-order chi connectivity index (χ1) is 44.6. The molecular formula is C66H78F18N2O6P2S2. The molecule has 2 aliphatic carbocycles. The van der Waals surface area contributed by atoms with Crippen molar-refractivity contribution in [2.24, 2.45) is 0 Å². The lowest BCUT2D eigenvalue weighted by atomic mass is 9.99. The van der Waals surface area contributed by atoms with Gasteiger partial charge in [-0.05, 0) is 86.0 Å². The van der Waals surface area contributed by atoms with Crippen LogP contribution in [0.1, 0.15) is 142 Å². The van der Waals surface area contributed by atoms with Gasteiger partial charge >= 0.3 is 66.8 Å². The third-order valence-electron chi connectivity index (χ3n) is 15.0. The summed E-state index contributed by atoms with van der Waals surface area (Å²) < 4.78 is 268. The maximum Gasteiger partial charge on any atom is 0.460 e. The van der Waals surface area contributed by atoms with Gasteiger partial charge in [0.25, 0.3) is 0 Å². The van der Waals surface area contributed by atoms with Crippen LogP contribution in [-0.4, -0.2) is 95.2 Å². The Hall–Kier alpha value is -5.40. The van der Waals surface area contributed by atoms with Gasteiger partial charge < -0.3 is 10.8 Å². The van der Waals surface area contributed by atoms with Crippen molar-refractivity contribution >= 4 is 68.7 Å². The first kappa shape index (κ1) is 84.8. The van der Waals surface area contributed by atoms with E-state index in [0.29, 0.717) is 0 Å². The molecule has 0 aromatic heterocycles. The van der Waals surface area contributed by atoms with Gasteiger partial charge in [0, 0.05) is 22.7 Å². The second kappa shape index (κ2) is 37.7. The fourth-order valence-corrected chi connectivity index (χ4v) is 15.7. The Morgan fingerprint density at radius 3 is 0.771 bits per heavy atom. The largest absolute Gasteiger partial charge is 0.460 e. The van der Waals surface area contributed by atoms with Crippen LogP contribution in [0.25, 0.3) is 0 Å². The third kappa shape index (κ3) is 23.4. The molecule has 30 heteroatoms. The van der Waals surface area contributed by atoms with E-state index in [1.54, 1.807) is 0 Å². The maximum absolute atomic E-state index is 12.2. The van der Waals surface area contributed by atoms with E-state index in [0.717, 1.165) is 24.3 Å². The van der Waals surface area contributed by atoms with Crippen molar-refractivity contribution in [3.05, 3.63) is 169 Å². The first-order valence-electron chi connectivity index (χ1n) is 30.7. The third-order valence-corrected chi connectivity index (χ3v) is 22.3. The van der Waals surface area contributed by atoms with Crippen LogP contribution in [0.2, 0.25) is 0 Å². The summed E-state index contributed by atoms with van der Waals surface area (Å²) in [5.41, 5.74) is 4.53. The summed E-state index contributed by atoms with van der Waals surface area (Å²) in [5.74, 6) is -29.4. The van der Waals surface area contributed by atoms with Crippen molar-refractivity contribution in [2.45, 2.75) is 200 Å². The molecule has 4 N–H and O–H groups in total. The van der Waals surface area contributed by atoms with Crippen molar-refractivity contribution in [3.8, 4) is 0 Å². The minimum absolute atomic E-state index is 0.159. The Balaban J connectivity index is 0.000000348. The molecule has 536 valence electrons. The summed E-state index contributed by atoms with van der Waals surface area (Å²) >= 11 is 0. The number of hydrogen-bond donors (Lipinski definition) is 4. The molecule has 2 unspecified atom stereocenters. The zero-order valence-corrected chi connectivity index (χ0v) is 55.8. The number of allylic oxidation sites excluding steroid dienone is 8. The molecule has 0 spiro atoms. The van der Waals surface area contributed by atoms with Gasteiger partial charge in [0.05, 0.1) is 0 Å². The van der Waals surface area contributed by atoms with Crippen LogP contribution in [0.5, 0.6) is 0 Å². The Kier molecular flexibility index (Phi) is 33.3. The van der Waals surface area contributed by atoms with Gasteiger partial charge in [-0.2, -0.15) is 95.9 Å². The van der Waals surface area contributed by atoms with Gasteiger partial charge in [-0.3, -0.25) is 9.11 Å². The summed E-state index contributed by atoms with van der Waals surface area (Å²) in [5, 5.41) is 9.02. The highest BCUT2D eigenvalue weighted by Gasteiger charge is 2.86. The highest BCUT2D eigenvalue weighted by atomic mass is 32.2. The molecule has 0 saturated carbocycles. The Labute approximate surface area is 551 Å². The quantitative estimate of drug-likeness (QED) is 0.0165. The Morgan fingerprint density at radius 1 is 0.354 bits per heavy atom. The highest BCUT2D eigenvalue weighted by Crippen LogP contribution is 2.56. The monoisotopic (exact) mass is 1460 g/mol. The van der Waals surface area contributed by atoms with Crippen LogP contribution in [0, 0.1) is 10.8 Å². The van der Waals surface area contributed by atoms with E-state index in [1.165, 1.54) is 148 Å². The van der Waals surface area contributed by atoms with Crippen LogP contribution < -0.4 is 21.2 Å². The van der Waals surface area contributed by atoms with Crippen molar-refractivity contribution < 1.29 is 105 Å². The molecule has 6 rings (SSSR count). The van der Waals surface area contributed by atoms with E-state index < -0.39 is 82.6 Å². The minimum Gasteiger partial charge on any atom is -0.304 e. The molecule has 0 radical (unpaired) electrons. The predicted molar refractivity (Wildman–Crippen MR) is 344 cm³/mol. The van der Waals surface area contributed by atoms with Crippen molar-refractivity contribution in [3.63, 3.8) is 0 Å². The molecule has 0 saturated heterocycles. The lowest BCUT2D eigenvalue weighted by molar-refractivity contribution is -0.382. The number of unbranched alkanes of at least 4 members (excludes halogenated alkanes) is 16. The number of rotatable bonds is 32. The molecule has 0 bridgehead atoms. The Bertz CT molecular complexity index is 3080. The molecule has 0 fully saturated rings. The molecule has 96 heavy (non-hydrogen) atoms. The van der Waals surface area contributed by atoms with Gasteiger partial charge in [0.15, 0.2) is 0 Å². The summed E-state index contributed by atoms with van der Waals surface area (Å²) in [6.07, 6.45) is 25.9. The van der Waals surface area contributed by atoms with Crippen LogP contribution in [0.15, 0.2) is 169 Å². The summed E-state index contributed by atoms with van der Waals surface area (Å²) in [6.45, 7) is 4.56. The lowest BCUT2D eigenvalue weighted by Gasteiger charge is -2.31. The number of benzene rings is 4. The average molecular weight is 1460 g/mol. The van der Waals surface area contributed by atoms with E-state index >= 15 is 0 Å². The predicted octanol–water partition coefficient (Wildman–Crippen LogP) is 20.4. The molecule has 0 amide bonds. The van der Waals surface area contributed by atoms with Gasteiger partial charge in [0.2, 0.25) is 0 Å². The normalized spacial score (nSPS) is 16.0. The van der Waals surface area contributed by atoms with Crippen LogP contribution in [-0.2, 0) is 20.2 Å². The number of alkyl halides is 18. The number of nitrogens with one attached hydrogen (secondary N) is 2. The fraction of sp³-hybridized carbons (Fsp3) is 0.485. The van der Waals surface area contributed by atoms with Gasteiger partial charge in [-0.1, -0.05) is 262 Å². The van der Waals surface area contributed by atoms with Gasteiger partial charge in [-0.15, -0.1) is 0 Å². The van der Waals surface area contributed by atoms with Crippen molar-refractivity contribution in [2.75, 3.05) is 0 Å². The van der Waals surface area contributed by atoms with Crippen LogP contribution in [0.3, 0.4) is 0 Å². The maximum atomic E-state index is 12.2. The molecule has 2 atom stereocenters. The van der Waals surface area contributed by atoms with Crippen molar-refractivity contribution in [1.82, 2.24) is 0 Å². The summed E-state index contributed by atoms with van der Waals surface area (Å²) in [4.78, 5) is 0. The van der Waals surface area contributed by atoms with E-state index in [9.17, 15) is 95.9 Å². The Morgan fingerprint density at radius 2 is 0.573 bits per heavy atom. The average Bonchev–Trinajstić information content (AvgIpc) is 0.739. The molecule has 4 aromatic carbocycles. The van der Waals surface area contributed by atoms with Crippen LogP contribution >= 0.6 is 15.8 Å². The molecule has 4 aromatic rings. The first-order valence-corrected chi connectivity index (χ1v) is 36.4. The molecule has 0 heterocycles. The van der Waals surface area contributed by atoms with Crippen LogP contribution in [0.4, 0.5) is 79.0 Å². The zero-order valence-electron chi connectivity index (χ0n) is 52.3. The number of halogens is 18. The molecule has 0 aliphatic heterocycles. The summed E-state index contributed by atoms with van der Waals surface area (Å²) in [7, 11) is -15.6. The summed E-state index contributed by atoms with van der Waals surface area (Å²) in [6, 6.07) is 43.1. The zero-order chi connectivity index (χ0) is 72.5. The van der Waals surface area contributed by atoms with Gasteiger partial charge in [0.1, 0.15) is 0 Å². The topological polar surface area (TPSA) is 156 Å². The van der Waals surface area contributed by atoms with E-state index in [1.807, 2.05) is 0 Å². The van der Waals surface area contributed by atoms with E-state index in [2.05, 4.69) is 172 Å². The lowest BCUT2D eigenvalue weighted by Crippen LogP contribution is -2.63.